The maximum Gasteiger partial charge on any atom is 0.0787 e. The zero-order chi connectivity index (χ0) is 12.0. The number of ether oxygens (including phenoxy) is 2. The lowest BCUT2D eigenvalue weighted by Crippen LogP contribution is -2.46. The van der Waals surface area contributed by atoms with Crippen LogP contribution in [-0.4, -0.2) is 38.0 Å². The SMILES string of the molecule is COCC(C)OC1(CCNC(C)C)CCC1. The summed E-state index contributed by atoms with van der Waals surface area (Å²) in [6.45, 7) is 8.21. The summed E-state index contributed by atoms with van der Waals surface area (Å²) < 4.78 is 11.3. The van der Waals surface area contributed by atoms with Gasteiger partial charge in [-0.25, -0.2) is 0 Å². The highest BCUT2D eigenvalue weighted by atomic mass is 16.5. The van der Waals surface area contributed by atoms with Gasteiger partial charge >= 0.3 is 0 Å². The summed E-state index contributed by atoms with van der Waals surface area (Å²) in [6, 6.07) is 0.563. The second-order valence-corrected chi connectivity index (χ2v) is 5.28. The third-order valence-electron chi connectivity index (χ3n) is 3.25. The van der Waals surface area contributed by atoms with Crippen molar-refractivity contribution in [3.63, 3.8) is 0 Å². The molecule has 0 aliphatic heterocycles. The summed E-state index contributed by atoms with van der Waals surface area (Å²) in [5, 5.41) is 3.46. The molecule has 0 amide bonds. The first kappa shape index (κ1) is 13.9. The highest BCUT2D eigenvalue weighted by molar-refractivity contribution is 4.91. The fourth-order valence-corrected chi connectivity index (χ4v) is 2.28. The predicted molar refractivity (Wildman–Crippen MR) is 66.8 cm³/mol. The third kappa shape index (κ3) is 4.40. The van der Waals surface area contributed by atoms with Crippen LogP contribution in [-0.2, 0) is 9.47 Å². The second kappa shape index (κ2) is 6.58. The summed E-state index contributed by atoms with van der Waals surface area (Å²) in [5.74, 6) is 0. The predicted octanol–water partition coefficient (Wildman–Crippen LogP) is 2.35. The van der Waals surface area contributed by atoms with Gasteiger partial charge in [0.15, 0.2) is 0 Å². The molecule has 1 rings (SSSR count). The van der Waals surface area contributed by atoms with Gasteiger partial charge in [0.05, 0.1) is 18.3 Å². The van der Waals surface area contributed by atoms with E-state index in [1.54, 1.807) is 7.11 Å². The van der Waals surface area contributed by atoms with Crippen LogP contribution < -0.4 is 5.32 Å². The Morgan fingerprint density at radius 1 is 1.25 bits per heavy atom. The molecule has 1 atom stereocenters. The minimum absolute atomic E-state index is 0.139. The van der Waals surface area contributed by atoms with Crippen LogP contribution in [0.2, 0.25) is 0 Å². The summed E-state index contributed by atoms with van der Waals surface area (Å²) in [6.07, 6.45) is 5.06. The Bertz CT molecular complexity index is 190. The molecule has 0 spiro atoms. The standard InChI is InChI=1S/C13H27NO2/c1-11(2)14-9-8-13(6-5-7-13)16-12(3)10-15-4/h11-12,14H,5-10H2,1-4H3. The zero-order valence-corrected chi connectivity index (χ0v) is 11.2. The van der Waals surface area contributed by atoms with Gasteiger partial charge in [0.25, 0.3) is 0 Å². The smallest absolute Gasteiger partial charge is 0.0787 e. The molecule has 0 aromatic heterocycles. The minimum atomic E-state index is 0.139. The second-order valence-electron chi connectivity index (χ2n) is 5.28. The Labute approximate surface area is 99.9 Å². The van der Waals surface area contributed by atoms with Crippen LogP contribution in [0.3, 0.4) is 0 Å². The van der Waals surface area contributed by atoms with Gasteiger partial charge in [-0.1, -0.05) is 13.8 Å². The maximum atomic E-state index is 6.13. The molecular weight excluding hydrogens is 202 g/mol. The molecule has 0 saturated heterocycles. The van der Waals surface area contributed by atoms with Gasteiger partial charge in [-0.2, -0.15) is 0 Å². The van der Waals surface area contributed by atoms with Crippen LogP contribution in [0.4, 0.5) is 0 Å². The first-order valence-electron chi connectivity index (χ1n) is 6.48. The lowest BCUT2D eigenvalue weighted by Gasteiger charge is -2.43. The topological polar surface area (TPSA) is 30.5 Å². The number of hydrogen-bond acceptors (Lipinski definition) is 3. The van der Waals surface area contributed by atoms with E-state index in [0.717, 1.165) is 13.0 Å². The summed E-state index contributed by atoms with van der Waals surface area (Å²) in [4.78, 5) is 0. The van der Waals surface area contributed by atoms with E-state index in [4.69, 9.17) is 9.47 Å². The van der Waals surface area contributed by atoms with Crippen molar-refractivity contribution in [2.45, 2.75) is 64.2 Å². The van der Waals surface area contributed by atoms with Crippen molar-refractivity contribution in [1.29, 1.82) is 0 Å². The molecule has 3 nitrogen and oxygen atoms in total. The molecule has 1 aliphatic rings. The zero-order valence-electron chi connectivity index (χ0n) is 11.2. The lowest BCUT2D eigenvalue weighted by atomic mass is 9.77. The molecule has 96 valence electrons. The van der Waals surface area contributed by atoms with Crippen molar-refractivity contribution in [2.24, 2.45) is 0 Å². The van der Waals surface area contributed by atoms with Gasteiger partial charge in [0.2, 0.25) is 0 Å². The average molecular weight is 229 g/mol. The van der Waals surface area contributed by atoms with E-state index in [1.807, 2.05) is 0 Å². The first-order chi connectivity index (χ1) is 7.58. The Hall–Kier alpha value is -0.120. The van der Waals surface area contributed by atoms with Gasteiger partial charge < -0.3 is 14.8 Å². The highest BCUT2D eigenvalue weighted by Crippen LogP contribution is 2.39. The van der Waals surface area contributed by atoms with E-state index < -0.39 is 0 Å². The van der Waals surface area contributed by atoms with Crippen molar-refractivity contribution in [3.8, 4) is 0 Å². The van der Waals surface area contributed by atoms with Crippen LogP contribution >= 0.6 is 0 Å². The van der Waals surface area contributed by atoms with Crippen molar-refractivity contribution >= 4 is 0 Å². The molecule has 1 saturated carbocycles. The van der Waals surface area contributed by atoms with Crippen LogP contribution in [0.15, 0.2) is 0 Å². The summed E-state index contributed by atoms with van der Waals surface area (Å²) in [5.41, 5.74) is 0.139. The number of methoxy groups -OCH3 is 1. The Kier molecular flexibility index (Phi) is 5.73. The van der Waals surface area contributed by atoms with Crippen LogP contribution in [0.1, 0.15) is 46.5 Å². The van der Waals surface area contributed by atoms with Gasteiger partial charge in [-0.15, -0.1) is 0 Å². The van der Waals surface area contributed by atoms with Gasteiger partial charge in [-0.3, -0.25) is 0 Å². The van der Waals surface area contributed by atoms with Crippen molar-refractivity contribution in [2.75, 3.05) is 20.3 Å². The molecule has 0 heterocycles. The van der Waals surface area contributed by atoms with Crippen LogP contribution in [0.25, 0.3) is 0 Å². The average Bonchev–Trinajstić information content (AvgIpc) is 2.13. The van der Waals surface area contributed by atoms with Gasteiger partial charge in [0.1, 0.15) is 0 Å². The lowest BCUT2D eigenvalue weighted by molar-refractivity contribution is -0.151. The molecular formula is C13H27NO2. The Balaban J connectivity index is 2.27. The summed E-state index contributed by atoms with van der Waals surface area (Å²) in [7, 11) is 1.73. The van der Waals surface area contributed by atoms with Gasteiger partial charge in [0, 0.05) is 13.2 Å². The Morgan fingerprint density at radius 2 is 1.94 bits per heavy atom. The number of nitrogens with one attached hydrogen (secondary N) is 1. The molecule has 1 unspecified atom stereocenters. The molecule has 1 fully saturated rings. The van der Waals surface area contributed by atoms with Crippen LogP contribution in [0.5, 0.6) is 0 Å². The fourth-order valence-electron chi connectivity index (χ4n) is 2.28. The van der Waals surface area contributed by atoms with Crippen molar-refractivity contribution in [1.82, 2.24) is 5.32 Å². The number of hydrogen-bond donors (Lipinski definition) is 1. The molecule has 0 aromatic rings. The van der Waals surface area contributed by atoms with E-state index in [2.05, 4.69) is 26.1 Å². The molecule has 1 aliphatic carbocycles. The number of rotatable bonds is 8. The Morgan fingerprint density at radius 3 is 2.38 bits per heavy atom. The quantitative estimate of drug-likeness (QED) is 0.693. The molecule has 0 radical (unpaired) electrons. The van der Waals surface area contributed by atoms with Crippen molar-refractivity contribution < 1.29 is 9.47 Å². The minimum Gasteiger partial charge on any atom is -0.382 e. The van der Waals surface area contributed by atoms with E-state index in [-0.39, 0.29) is 11.7 Å². The van der Waals surface area contributed by atoms with Crippen LogP contribution in [0, 0.1) is 0 Å². The highest BCUT2D eigenvalue weighted by Gasteiger charge is 2.38. The molecule has 16 heavy (non-hydrogen) atoms. The van der Waals surface area contributed by atoms with E-state index in [0.29, 0.717) is 12.6 Å². The van der Waals surface area contributed by atoms with E-state index in [9.17, 15) is 0 Å². The normalized spacial score (nSPS) is 20.8. The monoisotopic (exact) mass is 229 g/mol. The third-order valence-corrected chi connectivity index (χ3v) is 3.25. The maximum absolute atomic E-state index is 6.13. The summed E-state index contributed by atoms with van der Waals surface area (Å²) >= 11 is 0. The van der Waals surface area contributed by atoms with E-state index in [1.165, 1.54) is 19.3 Å². The molecule has 0 bridgehead atoms. The molecule has 1 N–H and O–H groups in total. The van der Waals surface area contributed by atoms with Crippen molar-refractivity contribution in [3.05, 3.63) is 0 Å². The fraction of sp³-hybridized carbons (Fsp3) is 1.00. The molecule has 3 heteroatoms. The van der Waals surface area contributed by atoms with E-state index >= 15 is 0 Å². The largest absolute Gasteiger partial charge is 0.382 e. The molecule has 0 aromatic carbocycles. The first-order valence-corrected chi connectivity index (χ1v) is 6.48. The van der Waals surface area contributed by atoms with Gasteiger partial charge in [-0.05, 0) is 39.2 Å².